The van der Waals surface area contributed by atoms with Crippen molar-refractivity contribution in [3.8, 4) is 11.5 Å². The van der Waals surface area contributed by atoms with Crippen LogP contribution in [0.25, 0.3) is 0 Å². The van der Waals surface area contributed by atoms with Crippen molar-refractivity contribution in [1.29, 1.82) is 0 Å². The number of methoxy groups -OCH3 is 2. The molecule has 2 rings (SSSR count). The number of β-amino-alcohol motifs (C(OH)–C–C–N with tert-alkyl or cyclic N) is 1. The molecule has 1 aliphatic rings. The van der Waals surface area contributed by atoms with Crippen LogP contribution in [0.2, 0.25) is 0 Å². The highest BCUT2D eigenvalue weighted by atomic mass is 127. The van der Waals surface area contributed by atoms with E-state index in [1.807, 2.05) is 13.1 Å². The van der Waals surface area contributed by atoms with Gasteiger partial charge in [0.15, 0.2) is 17.5 Å². The molecule has 130 valence electrons. The minimum atomic E-state index is -0.793. The Morgan fingerprint density at radius 3 is 2.65 bits per heavy atom. The summed E-state index contributed by atoms with van der Waals surface area (Å²) in [6, 6.07) is 5.38. The molecule has 0 radical (unpaired) electrons. The number of aliphatic imine (C=N–C) groups is 1. The van der Waals surface area contributed by atoms with Gasteiger partial charge in [0.2, 0.25) is 0 Å². The molecule has 4 N–H and O–H groups in total. The molecule has 1 atom stereocenters. The van der Waals surface area contributed by atoms with Crippen molar-refractivity contribution >= 4 is 35.6 Å². The lowest BCUT2D eigenvalue weighted by Crippen LogP contribution is -2.36. The number of anilines is 1. The van der Waals surface area contributed by atoms with Crippen molar-refractivity contribution in [3.05, 3.63) is 18.2 Å². The highest BCUT2D eigenvalue weighted by Gasteiger charge is 2.34. The number of hydrogen-bond donors (Lipinski definition) is 3. The Labute approximate surface area is 153 Å². The number of benzene rings is 1. The molecule has 1 aromatic rings. The normalized spacial score (nSPS) is 21.7. The van der Waals surface area contributed by atoms with Gasteiger partial charge >= 0.3 is 0 Å². The summed E-state index contributed by atoms with van der Waals surface area (Å²) in [7, 11) is 5.14. The smallest absolute Gasteiger partial charge is 0.193 e. The van der Waals surface area contributed by atoms with Crippen LogP contribution in [0.15, 0.2) is 23.2 Å². The number of nitrogens with zero attached hydrogens (tertiary/aromatic N) is 2. The first-order valence-electron chi connectivity index (χ1n) is 7.16. The molecule has 1 aromatic carbocycles. The van der Waals surface area contributed by atoms with Crippen molar-refractivity contribution in [3.63, 3.8) is 0 Å². The van der Waals surface area contributed by atoms with Gasteiger partial charge < -0.3 is 30.5 Å². The minimum absolute atomic E-state index is 0. The Morgan fingerprint density at radius 1 is 1.39 bits per heavy atom. The fourth-order valence-electron chi connectivity index (χ4n) is 2.52. The molecule has 23 heavy (non-hydrogen) atoms. The third kappa shape index (κ3) is 5.40. The minimum Gasteiger partial charge on any atom is -0.493 e. The van der Waals surface area contributed by atoms with E-state index in [1.54, 1.807) is 26.4 Å². The summed E-state index contributed by atoms with van der Waals surface area (Å²) in [4.78, 5) is 6.32. The summed E-state index contributed by atoms with van der Waals surface area (Å²) in [6.45, 7) is 1.76. The number of ether oxygens (including phenoxy) is 2. The summed E-state index contributed by atoms with van der Waals surface area (Å²) in [6.07, 6.45) is 0.705. The first kappa shape index (κ1) is 19.8. The highest BCUT2D eigenvalue weighted by Crippen LogP contribution is 2.29. The van der Waals surface area contributed by atoms with Crippen molar-refractivity contribution < 1.29 is 14.6 Å². The number of rotatable bonds is 5. The van der Waals surface area contributed by atoms with Gasteiger partial charge in [-0.3, -0.25) is 4.99 Å². The van der Waals surface area contributed by atoms with E-state index in [1.165, 1.54) is 0 Å². The molecule has 0 aliphatic carbocycles. The van der Waals surface area contributed by atoms with E-state index in [2.05, 4.69) is 15.2 Å². The summed E-state index contributed by atoms with van der Waals surface area (Å²) < 4.78 is 10.4. The van der Waals surface area contributed by atoms with Gasteiger partial charge in [-0.25, -0.2) is 0 Å². The lowest BCUT2D eigenvalue weighted by atomic mass is 10.0. The van der Waals surface area contributed by atoms with Gasteiger partial charge in [-0.05, 0) is 25.6 Å². The lowest BCUT2D eigenvalue weighted by molar-refractivity contribution is 0.0615. The van der Waals surface area contributed by atoms with Crippen LogP contribution >= 0.6 is 24.0 Å². The molecule has 0 bridgehead atoms. The Morgan fingerprint density at radius 2 is 2.09 bits per heavy atom. The quantitative estimate of drug-likeness (QED) is 0.364. The molecule has 0 spiro atoms. The summed E-state index contributed by atoms with van der Waals surface area (Å²) >= 11 is 0. The van der Waals surface area contributed by atoms with Crippen LogP contribution in [0.4, 0.5) is 5.69 Å². The van der Waals surface area contributed by atoms with E-state index in [0.29, 0.717) is 24.5 Å². The molecule has 7 nitrogen and oxygen atoms in total. The molecule has 0 saturated carbocycles. The summed E-state index contributed by atoms with van der Waals surface area (Å²) in [5.74, 6) is 1.51. The van der Waals surface area contributed by atoms with Crippen LogP contribution in [0.3, 0.4) is 0 Å². The zero-order chi connectivity index (χ0) is 16.2. The second kappa shape index (κ2) is 8.55. The van der Waals surface area contributed by atoms with Gasteiger partial charge in [0, 0.05) is 24.8 Å². The Kier molecular flexibility index (Phi) is 7.36. The van der Waals surface area contributed by atoms with E-state index >= 15 is 0 Å². The Balaban J connectivity index is 0.00000264. The molecule has 8 heteroatoms. The maximum Gasteiger partial charge on any atom is 0.193 e. The fraction of sp³-hybridized carbons (Fsp3) is 0.533. The van der Waals surface area contributed by atoms with E-state index in [-0.39, 0.29) is 36.5 Å². The van der Waals surface area contributed by atoms with E-state index in [4.69, 9.17) is 15.2 Å². The molecule has 0 amide bonds. The van der Waals surface area contributed by atoms with Gasteiger partial charge in [-0.1, -0.05) is 0 Å². The Hall–Kier alpha value is -1.26. The number of likely N-dealkylation sites (tertiary alicyclic amines) is 1. The number of hydrogen-bond acceptors (Lipinski definition) is 5. The lowest BCUT2D eigenvalue weighted by Gasteiger charge is -2.20. The standard InChI is InChI=1S/C15H24N4O3.HI/c1-19-7-6-15(20,10-19)9-17-14(16)18-11-4-5-12(21-2)13(8-11)22-3;/h4-5,8,20H,6-7,9-10H2,1-3H3,(H3,16,17,18);1H. The molecule has 1 unspecified atom stereocenters. The van der Waals surface area contributed by atoms with Gasteiger partial charge in [0.1, 0.15) is 0 Å². The molecule has 0 aromatic heterocycles. The van der Waals surface area contributed by atoms with Crippen LogP contribution in [-0.2, 0) is 0 Å². The zero-order valence-corrected chi connectivity index (χ0v) is 16.0. The van der Waals surface area contributed by atoms with Crippen molar-refractivity contribution in [2.24, 2.45) is 10.7 Å². The zero-order valence-electron chi connectivity index (χ0n) is 13.7. The number of nitrogens with one attached hydrogen (secondary N) is 1. The number of aliphatic hydroxyl groups is 1. The van der Waals surface area contributed by atoms with Crippen LogP contribution in [0.5, 0.6) is 11.5 Å². The van der Waals surface area contributed by atoms with Crippen molar-refractivity contribution in [1.82, 2.24) is 4.90 Å². The number of nitrogens with two attached hydrogens (primary N) is 1. The number of guanidine groups is 1. The maximum absolute atomic E-state index is 10.4. The monoisotopic (exact) mass is 436 g/mol. The van der Waals surface area contributed by atoms with Gasteiger partial charge in [0.05, 0.1) is 26.4 Å². The summed E-state index contributed by atoms with van der Waals surface area (Å²) in [5.41, 5.74) is 5.83. The molecule has 1 saturated heterocycles. The third-order valence-corrected chi connectivity index (χ3v) is 3.72. The molecule has 1 aliphatic heterocycles. The predicted molar refractivity (Wildman–Crippen MR) is 102 cm³/mol. The molecule has 1 heterocycles. The van der Waals surface area contributed by atoms with Crippen LogP contribution in [0, 0.1) is 0 Å². The largest absolute Gasteiger partial charge is 0.493 e. The van der Waals surface area contributed by atoms with Gasteiger partial charge in [-0.2, -0.15) is 0 Å². The van der Waals surface area contributed by atoms with E-state index in [9.17, 15) is 5.11 Å². The molecular weight excluding hydrogens is 411 g/mol. The molecule has 1 fully saturated rings. The van der Waals surface area contributed by atoms with Gasteiger partial charge in [0.25, 0.3) is 0 Å². The first-order chi connectivity index (χ1) is 10.5. The predicted octanol–water partition coefficient (Wildman–Crippen LogP) is 1.11. The van der Waals surface area contributed by atoms with E-state index < -0.39 is 5.60 Å². The van der Waals surface area contributed by atoms with Crippen LogP contribution in [-0.4, -0.2) is 62.5 Å². The topological polar surface area (TPSA) is 92.3 Å². The van der Waals surface area contributed by atoms with Crippen molar-refractivity contribution in [2.75, 3.05) is 46.2 Å². The molecular formula is C15H25IN4O3. The highest BCUT2D eigenvalue weighted by molar-refractivity contribution is 14.0. The SMILES string of the molecule is COc1ccc(NC(N)=NCC2(O)CCN(C)C2)cc1OC.I. The second-order valence-electron chi connectivity index (χ2n) is 5.61. The number of likely N-dealkylation sites (N-methyl/N-ethyl adjacent to an activating group) is 1. The third-order valence-electron chi connectivity index (χ3n) is 3.72. The average molecular weight is 436 g/mol. The first-order valence-corrected chi connectivity index (χ1v) is 7.16. The Bertz CT molecular complexity index is 556. The maximum atomic E-state index is 10.4. The van der Waals surface area contributed by atoms with Gasteiger partial charge in [-0.15, -0.1) is 24.0 Å². The fourth-order valence-corrected chi connectivity index (χ4v) is 2.52. The second-order valence-corrected chi connectivity index (χ2v) is 5.61. The van der Waals surface area contributed by atoms with Crippen LogP contribution in [0.1, 0.15) is 6.42 Å². The van der Waals surface area contributed by atoms with Crippen molar-refractivity contribution in [2.45, 2.75) is 12.0 Å². The van der Waals surface area contributed by atoms with Crippen LogP contribution < -0.4 is 20.5 Å². The van der Waals surface area contributed by atoms with E-state index in [0.717, 1.165) is 12.2 Å². The summed E-state index contributed by atoms with van der Waals surface area (Å²) in [5, 5.41) is 13.3. The number of halogens is 1. The average Bonchev–Trinajstić information content (AvgIpc) is 2.85.